The van der Waals surface area contributed by atoms with Crippen molar-refractivity contribution in [3.63, 3.8) is 0 Å². The summed E-state index contributed by atoms with van der Waals surface area (Å²) in [7, 11) is 0. The first-order valence-corrected chi connectivity index (χ1v) is 6.67. The first kappa shape index (κ1) is 12.4. The largest absolute Gasteiger partial charge is 0.353 e. The van der Waals surface area contributed by atoms with E-state index in [0.717, 1.165) is 32.4 Å². The normalized spacial score (nSPS) is 35.8. The van der Waals surface area contributed by atoms with Gasteiger partial charge < -0.3 is 5.32 Å². The molecule has 1 aliphatic heterocycles. The third kappa shape index (κ3) is 2.61. The first-order valence-electron chi connectivity index (χ1n) is 6.67. The number of nitrogens with zero attached hydrogens (tertiary/aromatic N) is 2. The lowest BCUT2D eigenvalue weighted by molar-refractivity contribution is -0.130. The molecular weight excluding hydrogens is 214 g/mol. The fourth-order valence-electron chi connectivity index (χ4n) is 3.09. The van der Waals surface area contributed by atoms with Crippen LogP contribution in [-0.4, -0.2) is 36.0 Å². The molecule has 4 heteroatoms. The van der Waals surface area contributed by atoms with E-state index in [1.807, 2.05) is 6.92 Å². The Morgan fingerprint density at radius 1 is 1.35 bits per heavy atom. The van der Waals surface area contributed by atoms with Crippen LogP contribution in [0.5, 0.6) is 0 Å². The minimum absolute atomic E-state index is 0.0808. The Bertz CT molecular complexity index is 323. The van der Waals surface area contributed by atoms with Crippen LogP contribution in [0.2, 0.25) is 0 Å². The van der Waals surface area contributed by atoms with Crippen LogP contribution >= 0.6 is 0 Å². The lowest BCUT2D eigenvalue weighted by atomic mass is 9.93. The van der Waals surface area contributed by atoms with Gasteiger partial charge in [-0.25, -0.2) is 0 Å². The van der Waals surface area contributed by atoms with Crippen molar-refractivity contribution < 1.29 is 4.79 Å². The molecule has 2 rings (SSSR count). The van der Waals surface area contributed by atoms with E-state index >= 15 is 0 Å². The summed E-state index contributed by atoms with van der Waals surface area (Å²) < 4.78 is 0. The molecule has 4 nitrogen and oxygen atoms in total. The van der Waals surface area contributed by atoms with Crippen LogP contribution in [0.3, 0.4) is 0 Å². The summed E-state index contributed by atoms with van der Waals surface area (Å²) in [5, 5.41) is 12.2. The van der Waals surface area contributed by atoms with Crippen LogP contribution in [0, 0.1) is 17.2 Å². The molecule has 0 aromatic rings. The molecule has 1 amide bonds. The number of nitriles is 1. The molecule has 3 atom stereocenters. The van der Waals surface area contributed by atoms with Gasteiger partial charge in [0.15, 0.2) is 0 Å². The fourth-order valence-corrected chi connectivity index (χ4v) is 3.09. The smallest absolute Gasteiger partial charge is 0.237 e. The van der Waals surface area contributed by atoms with E-state index in [1.165, 1.54) is 12.8 Å². The van der Waals surface area contributed by atoms with Crippen molar-refractivity contribution in [3.05, 3.63) is 0 Å². The summed E-state index contributed by atoms with van der Waals surface area (Å²) in [5.74, 6) is 0.211. The predicted molar refractivity (Wildman–Crippen MR) is 65.2 cm³/mol. The maximum absolute atomic E-state index is 11.7. The van der Waals surface area contributed by atoms with E-state index in [4.69, 9.17) is 0 Å². The van der Waals surface area contributed by atoms with Crippen LogP contribution in [0.1, 0.15) is 39.0 Å². The number of carbonyl (C=O) groups is 1. The van der Waals surface area contributed by atoms with E-state index in [2.05, 4.69) is 16.3 Å². The summed E-state index contributed by atoms with van der Waals surface area (Å²) in [5.41, 5.74) is 0. The SMILES string of the molecule is CC1C(=O)NCCN1C1CCCCCC1C#N. The molecule has 2 fully saturated rings. The molecule has 94 valence electrons. The molecule has 2 aliphatic rings. The lowest BCUT2D eigenvalue weighted by Gasteiger charge is -2.40. The quantitative estimate of drug-likeness (QED) is 0.697. The highest BCUT2D eigenvalue weighted by atomic mass is 16.2. The molecule has 0 aromatic heterocycles. The van der Waals surface area contributed by atoms with Crippen molar-refractivity contribution in [2.45, 2.75) is 51.1 Å². The zero-order valence-corrected chi connectivity index (χ0v) is 10.5. The number of hydrogen-bond acceptors (Lipinski definition) is 3. The van der Waals surface area contributed by atoms with E-state index in [0.29, 0.717) is 0 Å². The second-order valence-electron chi connectivity index (χ2n) is 5.15. The Balaban J connectivity index is 2.12. The summed E-state index contributed by atoms with van der Waals surface area (Å²) in [4.78, 5) is 13.9. The number of carbonyl (C=O) groups excluding carboxylic acids is 1. The average Bonchev–Trinajstić information content (AvgIpc) is 2.57. The Labute approximate surface area is 103 Å². The van der Waals surface area contributed by atoms with Crippen molar-refractivity contribution in [2.75, 3.05) is 13.1 Å². The third-order valence-electron chi connectivity index (χ3n) is 4.12. The zero-order valence-electron chi connectivity index (χ0n) is 10.5. The summed E-state index contributed by atoms with van der Waals surface area (Å²) >= 11 is 0. The maximum atomic E-state index is 11.7. The van der Waals surface area contributed by atoms with Crippen molar-refractivity contribution in [1.82, 2.24) is 10.2 Å². The van der Waals surface area contributed by atoms with Gasteiger partial charge in [-0.3, -0.25) is 9.69 Å². The van der Waals surface area contributed by atoms with E-state index in [9.17, 15) is 10.1 Å². The molecule has 0 aromatic carbocycles. The molecule has 17 heavy (non-hydrogen) atoms. The third-order valence-corrected chi connectivity index (χ3v) is 4.12. The summed E-state index contributed by atoms with van der Waals surface area (Å²) in [6, 6.07) is 2.65. The minimum atomic E-state index is -0.0808. The molecule has 0 bridgehead atoms. The van der Waals surface area contributed by atoms with Crippen LogP contribution in [0.15, 0.2) is 0 Å². The summed E-state index contributed by atoms with van der Waals surface area (Å²) in [6.07, 6.45) is 5.63. The second kappa shape index (κ2) is 5.50. The van der Waals surface area contributed by atoms with Gasteiger partial charge in [0.1, 0.15) is 0 Å². The van der Waals surface area contributed by atoms with Gasteiger partial charge in [0.2, 0.25) is 5.91 Å². The molecule has 1 saturated carbocycles. The van der Waals surface area contributed by atoms with Crippen molar-refractivity contribution in [1.29, 1.82) is 5.26 Å². The maximum Gasteiger partial charge on any atom is 0.237 e. The molecular formula is C13H21N3O. The monoisotopic (exact) mass is 235 g/mol. The van der Waals surface area contributed by atoms with Gasteiger partial charge in [-0.1, -0.05) is 19.3 Å². The van der Waals surface area contributed by atoms with Gasteiger partial charge in [-0.15, -0.1) is 0 Å². The number of nitrogens with one attached hydrogen (secondary N) is 1. The Hall–Kier alpha value is -1.08. The van der Waals surface area contributed by atoms with Crippen LogP contribution < -0.4 is 5.32 Å². The summed E-state index contributed by atoms with van der Waals surface area (Å²) in [6.45, 7) is 3.56. The topological polar surface area (TPSA) is 56.1 Å². The number of rotatable bonds is 1. The van der Waals surface area contributed by atoms with Crippen LogP contribution in [0.4, 0.5) is 0 Å². The minimum Gasteiger partial charge on any atom is -0.353 e. The molecule has 1 aliphatic carbocycles. The highest BCUT2D eigenvalue weighted by Crippen LogP contribution is 2.28. The van der Waals surface area contributed by atoms with Crippen LogP contribution in [-0.2, 0) is 4.79 Å². The number of hydrogen-bond donors (Lipinski definition) is 1. The molecule has 0 spiro atoms. The lowest BCUT2D eigenvalue weighted by Crippen LogP contribution is -2.58. The molecule has 0 radical (unpaired) electrons. The van der Waals surface area contributed by atoms with Gasteiger partial charge in [-0.2, -0.15) is 5.26 Å². The number of piperazine rings is 1. The Morgan fingerprint density at radius 2 is 2.12 bits per heavy atom. The molecule has 1 N–H and O–H groups in total. The zero-order chi connectivity index (χ0) is 12.3. The van der Waals surface area contributed by atoms with Gasteiger partial charge in [-0.05, 0) is 19.8 Å². The Kier molecular flexibility index (Phi) is 4.01. The van der Waals surface area contributed by atoms with E-state index in [1.54, 1.807) is 0 Å². The van der Waals surface area contributed by atoms with E-state index < -0.39 is 0 Å². The number of amides is 1. The van der Waals surface area contributed by atoms with Crippen LogP contribution in [0.25, 0.3) is 0 Å². The molecule has 1 heterocycles. The van der Waals surface area contributed by atoms with Gasteiger partial charge in [0, 0.05) is 19.1 Å². The van der Waals surface area contributed by atoms with Gasteiger partial charge in [0.25, 0.3) is 0 Å². The fraction of sp³-hybridized carbons (Fsp3) is 0.846. The van der Waals surface area contributed by atoms with Gasteiger partial charge in [0.05, 0.1) is 18.0 Å². The first-order chi connectivity index (χ1) is 8.24. The Morgan fingerprint density at radius 3 is 2.88 bits per heavy atom. The second-order valence-corrected chi connectivity index (χ2v) is 5.15. The van der Waals surface area contributed by atoms with Crippen molar-refractivity contribution >= 4 is 5.91 Å². The highest BCUT2D eigenvalue weighted by molar-refractivity contribution is 5.82. The van der Waals surface area contributed by atoms with Crippen molar-refractivity contribution in [2.24, 2.45) is 5.92 Å². The molecule has 1 saturated heterocycles. The standard InChI is InChI=1S/C13H21N3O/c1-10-13(17)15-7-8-16(10)12-6-4-2-3-5-11(12)9-14/h10-12H,2-8H2,1H3,(H,15,17). The average molecular weight is 235 g/mol. The predicted octanol–water partition coefficient (Wildman–Crippen LogP) is 1.28. The highest BCUT2D eigenvalue weighted by Gasteiger charge is 2.35. The van der Waals surface area contributed by atoms with Gasteiger partial charge >= 0.3 is 0 Å². The molecule has 3 unspecified atom stereocenters. The van der Waals surface area contributed by atoms with E-state index in [-0.39, 0.29) is 23.9 Å². The van der Waals surface area contributed by atoms with Crippen molar-refractivity contribution in [3.8, 4) is 6.07 Å².